The molecule has 0 saturated heterocycles. The van der Waals surface area contributed by atoms with Crippen molar-refractivity contribution in [3.8, 4) is 17.2 Å². The van der Waals surface area contributed by atoms with E-state index in [-0.39, 0.29) is 5.78 Å². The summed E-state index contributed by atoms with van der Waals surface area (Å²) in [5.41, 5.74) is 1.44. The molecule has 160 valence electrons. The van der Waals surface area contributed by atoms with Crippen LogP contribution in [0.2, 0.25) is 0 Å². The van der Waals surface area contributed by atoms with Gasteiger partial charge in [0.2, 0.25) is 0 Å². The first kappa shape index (κ1) is 23.3. The van der Waals surface area contributed by atoms with Gasteiger partial charge in [0.05, 0.1) is 19.0 Å². The smallest absolute Gasteiger partial charge is 0.185 e. The Labute approximate surface area is 180 Å². The molecule has 2 aromatic carbocycles. The second-order valence-corrected chi connectivity index (χ2v) is 7.13. The number of carbonyl (C=O) groups excluding carboxylic acids is 1. The van der Waals surface area contributed by atoms with Gasteiger partial charge in [-0.05, 0) is 68.3 Å². The van der Waals surface area contributed by atoms with E-state index < -0.39 is 0 Å². The Morgan fingerprint density at radius 2 is 1.57 bits per heavy atom. The van der Waals surface area contributed by atoms with Crippen molar-refractivity contribution in [3.05, 3.63) is 72.0 Å². The zero-order valence-electron chi connectivity index (χ0n) is 18.3. The summed E-state index contributed by atoms with van der Waals surface area (Å²) in [7, 11) is 0. The van der Waals surface area contributed by atoms with Crippen molar-refractivity contribution in [2.45, 2.75) is 46.5 Å². The van der Waals surface area contributed by atoms with Crippen LogP contribution in [0.5, 0.6) is 17.2 Å². The van der Waals surface area contributed by atoms with Crippen LogP contribution in [-0.2, 0) is 0 Å². The average Bonchev–Trinajstić information content (AvgIpc) is 2.73. The van der Waals surface area contributed by atoms with Crippen molar-refractivity contribution in [3.63, 3.8) is 0 Å². The van der Waals surface area contributed by atoms with Crippen LogP contribution >= 0.6 is 0 Å². The van der Waals surface area contributed by atoms with E-state index >= 15 is 0 Å². The number of ether oxygens (including phenoxy) is 3. The molecule has 0 unspecified atom stereocenters. The summed E-state index contributed by atoms with van der Waals surface area (Å²) in [5, 5.41) is 0. The molecule has 0 radical (unpaired) electrons. The fourth-order valence-corrected chi connectivity index (χ4v) is 2.68. The zero-order chi connectivity index (χ0) is 21.8. The van der Waals surface area contributed by atoms with Gasteiger partial charge in [0, 0.05) is 17.2 Å². The van der Waals surface area contributed by atoms with Gasteiger partial charge in [0.1, 0.15) is 17.2 Å². The molecule has 0 aliphatic rings. The minimum atomic E-state index is -0.0837. The molecule has 2 rings (SSSR count). The maximum atomic E-state index is 12.6. The predicted molar refractivity (Wildman–Crippen MR) is 122 cm³/mol. The molecule has 0 saturated carbocycles. The van der Waals surface area contributed by atoms with E-state index in [4.69, 9.17) is 14.2 Å². The van der Waals surface area contributed by atoms with Crippen LogP contribution in [0, 0.1) is 0 Å². The van der Waals surface area contributed by atoms with E-state index in [1.54, 1.807) is 43.3 Å². The molecule has 0 N–H and O–H groups in total. The SMILES string of the molecule is C=C(C)Oc1ccc(C(=O)C=Cc2ccc(OCCCC)cc2OCCCC)cc1. The quantitative estimate of drug-likeness (QED) is 0.157. The molecule has 0 aromatic heterocycles. The molecule has 0 atom stereocenters. The first-order valence-electron chi connectivity index (χ1n) is 10.6. The third-order valence-corrected chi connectivity index (χ3v) is 4.35. The summed E-state index contributed by atoms with van der Waals surface area (Å²) >= 11 is 0. The van der Waals surface area contributed by atoms with Crippen LogP contribution in [-0.4, -0.2) is 19.0 Å². The monoisotopic (exact) mass is 408 g/mol. The molecule has 0 fully saturated rings. The Bertz CT molecular complexity index is 850. The van der Waals surface area contributed by atoms with Gasteiger partial charge in [-0.2, -0.15) is 0 Å². The lowest BCUT2D eigenvalue weighted by Crippen LogP contribution is -2.01. The Kier molecular flexibility index (Phi) is 9.72. The Morgan fingerprint density at radius 3 is 2.20 bits per heavy atom. The fraction of sp³-hybridized carbons (Fsp3) is 0.346. The normalized spacial score (nSPS) is 10.8. The molecular weight excluding hydrogens is 376 g/mol. The molecule has 0 aliphatic heterocycles. The van der Waals surface area contributed by atoms with Gasteiger partial charge in [0.15, 0.2) is 5.78 Å². The van der Waals surface area contributed by atoms with E-state index in [0.29, 0.717) is 30.3 Å². The van der Waals surface area contributed by atoms with E-state index in [9.17, 15) is 4.79 Å². The number of rotatable bonds is 13. The number of allylic oxidation sites excluding steroid dienone is 2. The molecule has 4 heteroatoms. The van der Waals surface area contributed by atoms with Gasteiger partial charge in [0.25, 0.3) is 0 Å². The molecule has 0 bridgehead atoms. The highest BCUT2D eigenvalue weighted by atomic mass is 16.5. The van der Waals surface area contributed by atoms with Crippen LogP contribution in [0.15, 0.2) is 60.9 Å². The predicted octanol–water partition coefficient (Wildman–Crippen LogP) is 6.85. The molecule has 30 heavy (non-hydrogen) atoms. The molecule has 0 aliphatic carbocycles. The molecular formula is C26H32O4. The lowest BCUT2D eigenvalue weighted by Gasteiger charge is -2.12. The highest BCUT2D eigenvalue weighted by molar-refractivity contribution is 6.07. The lowest BCUT2D eigenvalue weighted by atomic mass is 10.1. The van der Waals surface area contributed by atoms with Crippen molar-refractivity contribution in [2.75, 3.05) is 13.2 Å². The molecule has 0 amide bonds. The van der Waals surface area contributed by atoms with Gasteiger partial charge in [-0.15, -0.1) is 0 Å². The third-order valence-electron chi connectivity index (χ3n) is 4.35. The molecule has 0 heterocycles. The molecule has 0 spiro atoms. The number of ketones is 1. The zero-order valence-corrected chi connectivity index (χ0v) is 18.3. The fourth-order valence-electron chi connectivity index (χ4n) is 2.68. The van der Waals surface area contributed by atoms with Crippen LogP contribution < -0.4 is 14.2 Å². The van der Waals surface area contributed by atoms with Crippen LogP contribution in [0.1, 0.15) is 62.4 Å². The summed E-state index contributed by atoms with van der Waals surface area (Å²) in [6.07, 6.45) is 7.48. The first-order chi connectivity index (χ1) is 14.5. The molecule has 4 nitrogen and oxygen atoms in total. The Hall–Kier alpha value is -3.01. The van der Waals surface area contributed by atoms with Crippen molar-refractivity contribution < 1.29 is 19.0 Å². The van der Waals surface area contributed by atoms with Gasteiger partial charge < -0.3 is 14.2 Å². The second kappa shape index (κ2) is 12.5. The average molecular weight is 409 g/mol. The Balaban J connectivity index is 2.12. The second-order valence-electron chi connectivity index (χ2n) is 7.13. The highest BCUT2D eigenvalue weighted by Crippen LogP contribution is 2.27. The largest absolute Gasteiger partial charge is 0.493 e. The van der Waals surface area contributed by atoms with Crippen molar-refractivity contribution >= 4 is 11.9 Å². The molecule has 2 aromatic rings. The summed E-state index contributed by atoms with van der Waals surface area (Å²) in [5.74, 6) is 2.69. The maximum Gasteiger partial charge on any atom is 0.185 e. The van der Waals surface area contributed by atoms with Crippen LogP contribution in [0.4, 0.5) is 0 Å². The van der Waals surface area contributed by atoms with E-state index in [1.165, 1.54) is 0 Å². The van der Waals surface area contributed by atoms with Crippen molar-refractivity contribution in [1.29, 1.82) is 0 Å². The van der Waals surface area contributed by atoms with Gasteiger partial charge >= 0.3 is 0 Å². The van der Waals surface area contributed by atoms with Crippen LogP contribution in [0.3, 0.4) is 0 Å². The van der Waals surface area contributed by atoms with Gasteiger partial charge in [-0.1, -0.05) is 33.3 Å². The lowest BCUT2D eigenvalue weighted by molar-refractivity contribution is 0.104. The number of hydrogen-bond acceptors (Lipinski definition) is 4. The Morgan fingerprint density at radius 1 is 0.933 bits per heavy atom. The van der Waals surface area contributed by atoms with Gasteiger partial charge in [-0.25, -0.2) is 0 Å². The number of carbonyl (C=O) groups is 1. The van der Waals surface area contributed by atoms with Crippen molar-refractivity contribution in [2.24, 2.45) is 0 Å². The van der Waals surface area contributed by atoms with E-state index in [0.717, 1.165) is 42.7 Å². The highest BCUT2D eigenvalue weighted by Gasteiger charge is 2.07. The standard InChI is InChI=1S/C26H32O4/c1-5-7-17-28-24-15-11-22(26(19-24)29-18-8-6-2)12-16-25(27)21-9-13-23(14-10-21)30-20(3)4/h9-16,19H,3,5-8,17-18H2,1-2,4H3. The van der Waals surface area contributed by atoms with E-state index in [1.807, 2.05) is 18.2 Å². The summed E-state index contributed by atoms with van der Waals surface area (Å²) < 4.78 is 17.2. The number of hydrogen-bond donors (Lipinski definition) is 0. The maximum absolute atomic E-state index is 12.6. The minimum absolute atomic E-state index is 0.0837. The number of benzene rings is 2. The third kappa shape index (κ3) is 7.78. The van der Waals surface area contributed by atoms with Crippen molar-refractivity contribution in [1.82, 2.24) is 0 Å². The summed E-state index contributed by atoms with van der Waals surface area (Å²) in [6.45, 7) is 11.1. The summed E-state index contributed by atoms with van der Waals surface area (Å²) in [4.78, 5) is 12.6. The van der Waals surface area contributed by atoms with E-state index in [2.05, 4.69) is 20.4 Å². The minimum Gasteiger partial charge on any atom is -0.493 e. The summed E-state index contributed by atoms with van der Waals surface area (Å²) in [6, 6.07) is 12.8. The van der Waals surface area contributed by atoms with Crippen LogP contribution in [0.25, 0.3) is 6.08 Å². The van der Waals surface area contributed by atoms with Gasteiger partial charge in [-0.3, -0.25) is 4.79 Å². The first-order valence-corrected chi connectivity index (χ1v) is 10.6. The number of unbranched alkanes of at least 4 members (excludes halogenated alkanes) is 2. The topological polar surface area (TPSA) is 44.8 Å².